The van der Waals surface area contributed by atoms with E-state index in [0.717, 1.165) is 23.4 Å². The summed E-state index contributed by atoms with van der Waals surface area (Å²) in [6.07, 6.45) is -3.01. The van der Waals surface area contributed by atoms with Crippen molar-refractivity contribution in [2.75, 3.05) is 33.4 Å². The lowest BCUT2D eigenvalue weighted by Gasteiger charge is -2.43. The molecule has 0 saturated carbocycles. The van der Waals surface area contributed by atoms with Gasteiger partial charge in [-0.1, -0.05) is 18.2 Å². The number of ether oxygens (including phenoxy) is 3. The summed E-state index contributed by atoms with van der Waals surface area (Å²) in [6, 6.07) is 12.3. The number of hydrogen-bond acceptors (Lipinski definition) is 5. The lowest BCUT2D eigenvalue weighted by Crippen LogP contribution is -2.61. The van der Waals surface area contributed by atoms with Crippen LogP contribution in [-0.4, -0.2) is 55.9 Å². The molecular weight excluding hydrogens is 497 g/mol. The zero-order valence-corrected chi connectivity index (χ0v) is 21.2. The fourth-order valence-electron chi connectivity index (χ4n) is 4.85. The summed E-state index contributed by atoms with van der Waals surface area (Å²) >= 11 is 0. The summed E-state index contributed by atoms with van der Waals surface area (Å²) in [7, 11) is 1.61. The molecule has 0 aromatic heterocycles. The number of halogens is 4. The number of benzene rings is 2. The van der Waals surface area contributed by atoms with Crippen molar-refractivity contribution >= 4 is 18.3 Å². The maximum Gasteiger partial charge on any atom is 0.416 e. The van der Waals surface area contributed by atoms with Crippen molar-refractivity contribution in [3.63, 3.8) is 0 Å². The van der Waals surface area contributed by atoms with Crippen molar-refractivity contribution in [3.8, 4) is 11.5 Å². The predicted octanol–water partition coefficient (Wildman–Crippen LogP) is 5.02. The average Bonchev–Trinajstić information content (AvgIpc) is 3.33. The first-order chi connectivity index (χ1) is 16.7. The molecule has 2 aliphatic heterocycles. The van der Waals surface area contributed by atoms with Crippen molar-refractivity contribution in [2.45, 2.75) is 50.0 Å². The molecule has 1 N–H and O–H groups in total. The molecule has 0 aliphatic carbocycles. The van der Waals surface area contributed by atoms with Crippen molar-refractivity contribution in [1.82, 2.24) is 10.2 Å². The second-order valence-corrected chi connectivity index (χ2v) is 9.11. The SMILES string of the molecule is COc1ccc([C@H](C)NC(=O)C2(N3CC[C@@H](Oc4cccc(C(F)(F)F)c4)C3)CCOCC2)cc1.Cl. The molecule has 36 heavy (non-hydrogen) atoms. The lowest BCUT2D eigenvalue weighted by molar-refractivity contribution is -0.141. The van der Waals surface area contributed by atoms with Gasteiger partial charge in [0.1, 0.15) is 23.1 Å². The Morgan fingerprint density at radius 3 is 2.47 bits per heavy atom. The van der Waals surface area contributed by atoms with E-state index < -0.39 is 17.3 Å². The molecule has 198 valence electrons. The predicted molar refractivity (Wildman–Crippen MR) is 132 cm³/mol. The van der Waals surface area contributed by atoms with Gasteiger partial charge in [0, 0.05) is 26.3 Å². The fourth-order valence-corrected chi connectivity index (χ4v) is 4.85. The average molecular weight is 529 g/mol. The monoisotopic (exact) mass is 528 g/mol. The molecule has 1 amide bonds. The number of amides is 1. The van der Waals surface area contributed by atoms with E-state index in [4.69, 9.17) is 14.2 Å². The van der Waals surface area contributed by atoms with Crippen LogP contribution in [0.1, 0.15) is 43.4 Å². The summed E-state index contributed by atoms with van der Waals surface area (Å²) in [5, 5.41) is 3.17. The molecule has 0 bridgehead atoms. The highest BCUT2D eigenvalue weighted by molar-refractivity contribution is 5.87. The van der Waals surface area contributed by atoms with Gasteiger partial charge in [-0.05, 0) is 62.1 Å². The Balaban J connectivity index is 0.00000361. The zero-order chi connectivity index (χ0) is 25.1. The van der Waals surface area contributed by atoms with Crippen molar-refractivity contribution in [3.05, 3.63) is 59.7 Å². The minimum atomic E-state index is -4.42. The molecular formula is C26H32ClF3N2O4. The van der Waals surface area contributed by atoms with E-state index in [9.17, 15) is 18.0 Å². The molecule has 0 unspecified atom stereocenters. The van der Waals surface area contributed by atoms with Gasteiger partial charge in [-0.2, -0.15) is 13.2 Å². The number of alkyl halides is 3. The number of likely N-dealkylation sites (tertiary alicyclic amines) is 1. The van der Waals surface area contributed by atoms with Crippen LogP contribution in [0.4, 0.5) is 13.2 Å². The van der Waals surface area contributed by atoms with Crippen molar-refractivity contribution in [1.29, 1.82) is 0 Å². The number of carbonyl (C=O) groups is 1. The van der Waals surface area contributed by atoms with Crippen LogP contribution in [0.2, 0.25) is 0 Å². The number of carbonyl (C=O) groups excluding carboxylic acids is 1. The number of hydrogen-bond donors (Lipinski definition) is 1. The third-order valence-electron chi connectivity index (χ3n) is 6.92. The molecule has 2 atom stereocenters. The Morgan fingerprint density at radius 2 is 1.83 bits per heavy atom. The van der Waals surface area contributed by atoms with Crippen LogP contribution >= 0.6 is 12.4 Å². The quantitative estimate of drug-likeness (QED) is 0.547. The van der Waals surface area contributed by atoms with Gasteiger partial charge in [0.05, 0.1) is 18.7 Å². The topological polar surface area (TPSA) is 60.0 Å². The molecule has 10 heteroatoms. The van der Waals surface area contributed by atoms with Gasteiger partial charge >= 0.3 is 6.18 Å². The number of nitrogens with one attached hydrogen (secondary N) is 1. The number of rotatable bonds is 7. The standard InChI is InChI=1S/C26H31F3N2O4.ClH/c1-18(19-6-8-21(33-2)9-7-19)30-24(32)25(11-14-34-15-12-25)31-13-10-23(17-31)35-22-5-3-4-20(16-22)26(27,28)29;/h3-9,16,18,23H,10-15,17H2,1-2H3,(H,30,32);1H/t18-,23+;/m0./s1. The third kappa shape index (κ3) is 6.25. The Hall–Kier alpha value is -2.49. The van der Waals surface area contributed by atoms with Crippen LogP contribution in [0.15, 0.2) is 48.5 Å². The molecule has 0 radical (unpaired) electrons. The van der Waals surface area contributed by atoms with E-state index in [-0.39, 0.29) is 36.2 Å². The Labute approximate surface area is 215 Å². The zero-order valence-electron chi connectivity index (χ0n) is 20.3. The molecule has 6 nitrogen and oxygen atoms in total. The molecule has 2 aromatic rings. The van der Waals surface area contributed by atoms with Crippen molar-refractivity contribution in [2.24, 2.45) is 0 Å². The summed E-state index contributed by atoms with van der Waals surface area (Å²) in [6.45, 7) is 3.96. The fraction of sp³-hybridized carbons (Fsp3) is 0.500. The minimum absolute atomic E-state index is 0. The summed E-state index contributed by atoms with van der Waals surface area (Å²) < 4.78 is 55.9. The highest BCUT2D eigenvalue weighted by Gasteiger charge is 2.48. The summed E-state index contributed by atoms with van der Waals surface area (Å²) in [4.78, 5) is 15.8. The lowest BCUT2D eigenvalue weighted by atomic mass is 9.86. The number of methoxy groups -OCH3 is 1. The van der Waals surface area contributed by atoms with E-state index in [1.165, 1.54) is 12.1 Å². The smallest absolute Gasteiger partial charge is 0.416 e. The maximum absolute atomic E-state index is 13.6. The largest absolute Gasteiger partial charge is 0.497 e. The Bertz CT molecular complexity index is 1010. The van der Waals surface area contributed by atoms with Gasteiger partial charge in [-0.15, -0.1) is 12.4 Å². The maximum atomic E-state index is 13.6. The van der Waals surface area contributed by atoms with E-state index in [2.05, 4.69) is 10.2 Å². The van der Waals surface area contributed by atoms with Gasteiger partial charge in [-0.25, -0.2) is 0 Å². The van der Waals surface area contributed by atoms with E-state index >= 15 is 0 Å². The minimum Gasteiger partial charge on any atom is -0.497 e. The first-order valence-electron chi connectivity index (χ1n) is 11.8. The third-order valence-corrected chi connectivity index (χ3v) is 6.92. The van der Waals surface area contributed by atoms with E-state index in [0.29, 0.717) is 45.6 Å². The Morgan fingerprint density at radius 1 is 1.14 bits per heavy atom. The second kappa shape index (κ2) is 11.7. The first kappa shape index (κ1) is 28.1. The van der Waals surface area contributed by atoms with Gasteiger partial charge in [0.25, 0.3) is 0 Å². The van der Waals surface area contributed by atoms with E-state index in [1.807, 2.05) is 31.2 Å². The van der Waals surface area contributed by atoms with Crippen LogP contribution in [0.3, 0.4) is 0 Å². The van der Waals surface area contributed by atoms with Gasteiger partial charge in [-0.3, -0.25) is 9.69 Å². The van der Waals surface area contributed by atoms with Crippen LogP contribution in [0, 0.1) is 0 Å². The van der Waals surface area contributed by atoms with Crippen LogP contribution < -0.4 is 14.8 Å². The highest BCUT2D eigenvalue weighted by Crippen LogP contribution is 2.35. The molecule has 2 heterocycles. The first-order valence-corrected chi connectivity index (χ1v) is 11.8. The number of nitrogens with zero attached hydrogens (tertiary/aromatic N) is 1. The van der Waals surface area contributed by atoms with Gasteiger partial charge in [0.15, 0.2) is 0 Å². The van der Waals surface area contributed by atoms with Gasteiger partial charge in [0.2, 0.25) is 5.91 Å². The second-order valence-electron chi connectivity index (χ2n) is 9.11. The van der Waals surface area contributed by atoms with Crippen molar-refractivity contribution < 1.29 is 32.2 Å². The Kier molecular flexibility index (Phi) is 9.13. The molecule has 0 spiro atoms. The molecule has 4 rings (SSSR count). The van der Waals surface area contributed by atoms with Gasteiger partial charge < -0.3 is 19.5 Å². The molecule has 2 aromatic carbocycles. The summed E-state index contributed by atoms with van der Waals surface area (Å²) in [5.41, 5.74) is -0.517. The normalized spacial score (nSPS) is 20.8. The summed E-state index contributed by atoms with van der Waals surface area (Å²) in [5.74, 6) is 0.867. The molecule has 2 saturated heterocycles. The van der Waals surface area contributed by atoms with Crippen LogP contribution in [0.25, 0.3) is 0 Å². The molecule has 2 aliphatic rings. The highest BCUT2D eigenvalue weighted by atomic mass is 35.5. The van der Waals surface area contributed by atoms with E-state index in [1.54, 1.807) is 7.11 Å². The molecule has 2 fully saturated rings. The van der Waals surface area contributed by atoms with Crippen LogP contribution in [0.5, 0.6) is 11.5 Å². The van der Waals surface area contributed by atoms with Crippen LogP contribution in [-0.2, 0) is 15.7 Å².